The molecule has 3 unspecified atom stereocenters. The van der Waals surface area contributed by atoms with Crippen molar-refractivity contribution in [3.8, 4) is 0 Å². The van der Waals surface area contributed by atoms with Crippen molar-refractivity contribution in [1.29, 1.82) is 0 Å². The molecule has 80 valence electrons. The van der Waals surface area contributed by atoms with Crippen LogP contribution in [0.15, 0.2) is 12.2 Å². The lowest BCUT2D eigenvalue weighted by Gasteiger charge is -2.38. The van der Waals surface area contributed by atoms with Gasteiger partial charge in [-0.1, -0.05) is 31.9 Å². The number of allylic oxidation sites excluding steroid dienone is 1. The largest absolute Gasteiger partial charge is 0.330 e. The lowest BCUT2D eigenvalue weighted by molar-refractivity contribution is 0.179. The highest BCUT2D eigenvalue weighted by atomic mass is 14.6. The maximum atomic E-state index is 5.73. The first-order valence-electron chi connectivity index (χ1n) is 6.21. The van der Waals surface area contributed by atoms with Gasteiger partial charge in [0.05, 0.1) is 0 Å². The van der Waals surface area contributed by atoms with Crippen LogP contribution in [0, 0.1) is 23.7 Å². The van der Waals surface area contributed by atoms with Gasteiger partial charge in [0.25, 0.3) is 0 Å². The quantitative estimate of drug-likeness (QED) is 0.670. The normalized spacial score (nSPS) is 42.1. The van der Waals surface area contributed by atoms with Crippen LogP contribution in [0.2, 0.25) is 0 Å². The van der Waals surface area contributed by atoms with Crippen LogP contribution in [-0.2, 0) is 0 Å². The summed E-state index contributed by atoms with van der Waals surface area (Å²) in [5.41, 5.74) is 5.73. The summed E-state index contributed by atoms with van der Waals surface area (Å²) in [4.78, 5) is 0. The van der Waals surface area contributed by atoms with Crippen LogP contribution in [-0.4, -0.2) is 6.54 Å². The van der Waals surface area contributed by atoms with Crippen LogP contribution >= 0.6 is 0 Å². The molecule has 1 saturated carbocycles. The van der Waals surface area contributed by atoms with Crippen LogP contribution in [0.4, 0.5) is 0 Å². The van der Waals surface area contributed by atoms with Crippen LogP contribution < -0.4 is 5.73 Å². The van der Waals surface area contributed by atoms with E-state index in [2.05, 4.69) is 19.1 Å². The van der Waals surface area contributed by atoms with E-state index in [0.717, 1.165) is 24.3 Å². The van der Waals surface area contributed by atoms with Crippen molar-refractivity contribution in [2.75, 3.05) is 6.54 Å². The van der Waals surface area contributed by atoms with Gasteiger partial charge in [-0.2, -0.15) is 0 Å². The van der Waals surface area contributed by atoms with E-state index in [-0.39, 0.29) is 0 Å². The van der Waals surface area contributed by atoms with Crippen molar-refractivity contribution < 1.29 is 0 Å². The predicted molar refractivity (Wildman–Crippen MR) is 60.9 cm³/mol. The Hall–Kier alpha value is -0.300. The minimum atomic E-state index is 0.675. The minimum Gasteiger partial charge on any atom is -0.330 e. The molecule has 0 aromatic carbocycles. The van der Waals surface area contributed by atoms with Gasteiger partial charge < -0.3 is 5.73 Å². The summed E-state index contributed by atoms with van der Waals surface area (Å²) in [6, 6.07) is 0. The first kappa shape index (κ1) is 10.2. The van der Waals surface area contributed by atoms with E-state index >= 15 is 0 Å². The molecule has 1 fully saturated rings. The molecule has 0 radical (unpaired) electrons. The average Bonchev–Trinajstić information content (AvgIpc) is 2.27. The fourth-order valence-electron chi connectivity index (χ4n) is 3.20. The Morgan fingerprint density at radius 3 is 2.79 bits per heavy atom. The summed E-state index contributed by atoms with van der Waals surface area (Å²) < 4.78 is 0. The van der Waals surface area contributed by atoms with E-state index in [9.17, 15) is 0 Å². The van der Waals surface area contributed by atoms with Gasteiger partial charge in [0.2, 0.25) is 0 Å². The highest BCUT2D eigenvalue weighted by molar-refractivity contribution is 5.03. The number of nitrogens with two attached hydrogens (primary N) is 1. The zero-order chi connectivity index (χ0) is 9.97. The van der Waals surface area contributed by atoms with Gasteiger partial charge in [0, 0.05) is 0 Å². The highest BCUT2D eigenvalue weighted by Gasteiger charge is 2.31. The molecule has 4 atom stereocenters. The fraction of sp³-hybridized carbons (Fsp3) is 0.846. The van der Waals surface area contributed by atoms with Gasteiger partial charge in [0.1, 0.15) is 0 Å². The van der Waals surface area contributed by atoms with Crippen molar-refractivity contribution in [3.05, 3.63) is 12.2 Å². The molecule has 0 aromatic heterocycles. The Kier molecular flexibility index (Phi) is 3.27. The molecule has 0 amide bonds. The first-order chi connectivity index (χ1) is 6.83. The molecule has 14 heavy (non-hydrogen) atoms. The molecule has 0 saturated heterocycles. The number of fused-ring (bicyclic) bond motifs is 1. The molecule has 2 aliphatic rings. The molecule has 0 aliphatic heterocycles. The van der Waals surface area contributed by atoms with E-state index in [0.29, 0.717) is 5.92 Å². The van der Waals surface area contributed by atoms with Crippen molar-refractivity contribution in [1.82, 2.24) is 0 Å². The second-order valence-corrected chi connectivity index (χ2v) is 5.13. The minimum absolute atomic E-state index is 0.675. The summed E-state index contributed by atoms with van der Waals surface area (Å²) in [6.45, 7) is 3.18. The molecule has 0 spiro atoms. The third-order valence-electron chi connectivity index (χ3n) is 4.27. The molecule has 2 rings (SSSR count). The summed E-state index contributed by atoms with van der Waals surface area (Å²) in [5.74, 6) is 3.51. The maximum absolute atomic E-state index is 5.73. The Bertz CT molecular complexity index is 209. The van der Waals surface area contributed by atoms with Crippen LogP contribution in [0.1, 0.15) is 39.0 Å². The van der Waals surface area contributed by atoms with Crippen molar-refractivity contribution in [2.24, 2.45) is 29.4 Å². The van der Waals surface area contributed by atoms with Gasteiger partial charge in [-0.25, -0.2) is 0 Å². The molecular weight excluding hydrogens is 170 g/mol. The van der Waals surface area contributed by atoms with Crippen LogP contribution in [0.3, 0.4) is 0 Å². The second-order valence-electron chi connectivity index (χ2n) is 5.13. The Labute approximate surface area is 87.8 Å². The lowest BCUT2D eigenvalue weighted by Crippen LogP contribution is -2.30. The van der Waals surface area contributed by atoms with Gasteiger partial charge in [-0.15, -0.1) is 0 Å². The monoisotopic (exact) mass is 193 g/mol. The molecule has 1 nitrogen and oxygen atoms in total. The van der Waals surface area contributed by atoms with Crippen molar-refractivity contribution in [3.63, 3.8) is 0 Å². The summed E-state index contributed by atoms with van der Waals surface area (Å²) >= 11 is 0. The van der Waals surface area contributed by atoms with E-state index in [1.54, 1.807) is 0 Å². The Balaban J connectivity index is 1.97. The third kappa shape index (κ3) is 2.03. The summed E-state index contributed by atoms with van der Waals surface area (Å²) in [5, 5.41) is 0. The molecular formula is C13H23N. The summed E-state index contributed by atoms with van der Waals surface area (Å²) in [7, 11) is 0. The Morgan fingerprint density at radius 1 is 1.21 bits per heavy atom. The van der Waals surface area contributed by atoms with Gasteiger partial charge >= 0.3 is 0 Å². The average molecular weight is 193 g/mol. The summed E-state index contributed by atoms with van der Waals surface area (Å²) in [6.07, 6.45) is 11.9. The molecule has 2 N–H and O–H groups in total. The number of hydrogen-bond donors (Lipinski definition) is 1. The van der Waals surface area contributed by atoms with E-state index in [1.807, 2.05) is 0 Å². The molecule has 0 heterocycles. The van der Waals surface area contributed by atoms with Gasteiger partial charge in [-0.05, 0) is 49.5 Å². The van der Waals surface area contributed by atoms with Crippen molar-refractivity contribution >= 4 is 0 Å². The maximum Gasteiger partial charge on any atom is -0.00141 e. The van der Waals surface area contributed by atoms with Crippen LogP contribution in [0.5, 0.6) is 0 Å². The fourth-order valence-corrected chi connectivity index (χ4v) is 3.20. The third-order valence-corrected chi connectivity index (χ3v) is 4.27. The molecule has 0 bridgehead atoms. The Morgan fingerprint density at radius 2 is 2.07 bits per heavy atom. The van der Waals surface area contributed by atoms with E-state index < -0.39 is 0 Å². The lowest BCUT2D eigenvalue weighted by atomic mass is 9.67. The number of hydrogen-bond acceptors (Lipinski definition) is 1. The van der Waals surface area contributed by atoms with E-state index in [4.69, 9.17) is 5.73 Å². The SMILES string of the molecule is CCC1CCC2C[C@@H](CN)C=CC2C1. The molecule has 1 heteroatoms. The van der Waals surface area contributed by atoms with Crippen molar-refractivity contribution in [2.45, 2.75) is 39.0 Å². The van der Waals surface area contributed by atoms with E-state index in [1.165, 1.54) is 32.1 Å². The smallest absolute Gasteiger partial charge is 0.00141 e. The standard InChI is InChI=1S/C13H23N/c1-2-10-3-5-13-8-11(9-14)4-6-12(13)7-10/h4,6,10-13H,2-3,5,7-9,14H2,1H3/t10?,11-,12?,13?/m0/s1. The van der Waals surface area contributed by atoms with Gasteiger partial charge in [0.15, 0.2) is 0 Å². The highest BCUT2D eigenvalue weighted by Crippen LogP contribution is 2.41. The zero-order valence-electron chi connectivity index (χ0n) is 9.28. The molecule has 2 aliphatic carbocycles. The zero-order valence-corrected chi connectivity index (χ0v) is 9.28. The van der Waals surface area contributed by atoms with Crippen LogP contribution in [0.25, 0.3) is 0 Å². The van der Waals surface area contributed by atoms with Gasteiger partial charge in [-0.3, -0.25) is 0 Å². The topological polar surface area (TPSA) is 26.0 Å². The predicted octanol–water partition coefficient (Wildman–Crippen LogP) is 2.96. The second kappa shape index (κ2) is 4.48. The first-order valence-corrected chi connectivity index (χ1v) is 6.21. The number of rotatable bonds is 2. The molecule has 0 aromatic rings.